The van der Waals surface area contributed by atoms with Crippen LogP contribution in [0.2, 0.25) is 0 Å². The minimum Gasteiger partial charge on any atom is -0.394 e. The first-order valence-corrected chi connectivity index (χ1v) is 4.97. The van der Waals surface area contributed by atoms with E-state index in [-0.39, 0.29) is 6.61 Å². The lowest BCUT2D eigenvalue weighted by Gasteiger charge is -2.21. The molecular formula is C10H14BrNO. The molecule has 0 unspecified atom stereocenters. The van der Waals surface area contributed by atoms with Gasteiger partial charge in [-0.25, -0.2) is 0 Å². The van der Waals surface area contributed by atoms with Crippen molar-refractivity contribution in [2.75, 3.05) is 6.61 Å². The average Bonchev–Trinajstić information content (AvgIpc) is 2.09. The predicted molar refractivity (Wildman–Crippen MR) is 57.5 cm³/mol. The van der Waals surface area contributed by atoms with Gasteiger partial charge in [0.15, 0.2) is 0 Å². The standard InChI is InChI=1S/C10H14BrNO/c1-10(12,7-13)6-8-2-4-9(11)5-3-8/h2-5,13H,6-7,12H2,1H3/t10-/m0/s1. The molecule has 0 spiro atoms. The van der Waals surface area contributed by atoms with Crippen molar-refractivity contribution in [2.24, 2.45) is 5.73 Å². The second-order valence-corrected chi connectivity index (χ2v) is 4.53. The van der Waals surface area contributed by atoms with Crippen molar-refractivity contribution in [3.05, 3.63) is 34.3 Å². The Morgan fingerprint density at radius 3 is 2.38 bits per heavy atom. The van der Waals surface area contributed by atoms with Gasteiger partial charge >= 0.3 is 0 Å². The van der Waals surface area contributed by atoms with Crippen molar-refractivity contribution in [1.29, 1.82) is 0 Å². The average molecular weight is 244 g/mol. The summed E-state index contributed by atoms with van der Waals surface area (Å²) >= 11 is 3.36. The Morgan fingerprint density at radius 2 is 1.92 bits per heavy atom. The molecule has 1 rings (SSSR count). The molecule has 72 valence electrons. The summed E-state index contributed by atoms with van der Waals surface area (Å²) < 4.78 is 1.05. The third-order valence-electron chi connectivity index (χ3n) is 1.88. The maximum absolute atomic E-state index is 8.98. The van der Waals surface area contributed by atoms with Crippen molar-refractivity contribution in [3.63, 3.8) is 0 Å². The Bertz CT molecular complexity index is 269. The van der Waals surface area contributed by atoms with Gasteiger partial charge < -0.3 is 10.8 Å². The van der Waals surface area contributed by atoms with Crippen LogP contribution in [-0.4, -0.2) is 17.3 Å². The van der Waals surface area contributed by atoms with E-state index in [0.29, 0.717) is 6.42 Å². The van der Waals surface area contributed by atoms with Gasteiger partial charge in [-0.15, -0.1) is 0 Å². The molecule has 0 aliphatic rings. The molecule has 1 atom stereocenters. The third-order valence-corrected chi connectivity index (χ3v) is 2.41. The Morgan fingerprint density at radius 1 is 1.38 bits per heavy atom. The van der Waals surface area contributed by atoms with Crippen LogP contribution in [0.25, 0.3) is 0 Å². The number of rotatable bonds is 3. The number of halogens is 1. The highest BCUT2D eigenvalue weighted by atomic mass is 79.9. The fourth-order valence-electron chi connectivity index (χ4n) is 1.12. The van der Waals surface area contributed by atoms with Crippen LogP contribution in [0.1, 0.15) is 12.5 Å². The van der Waals surface area contributed by atoms with Crippen LogP contribution >= 0.6 is 15.9 Å². The highest BCUT2D eigenvalue weighted by Crippen LogP contribution is 2.14. The topological polar surface area (TPSA) is 46.2 Å². The first-order chi connectivity index (χ1) is 6.03. The van der Waals surface area contributed by atoms with E-state index in [1.54, 1.807) is 0 Å². The zero-order valence-electron chi connectivity index (χ0n) is 7.63. The van der Waals surface area contributed by atoms with Gasteiger partial charge in [0.1, 0.15) is 0 Å². The lowest BCUT2D eigenvalue weighted by molar-refractivity contribution is 0.208. The Kier molecular flexibility index (Phi) is 3.47. The monoisotopic (exact) mass is 243 g/mol. The van der Waals surface area contributed by atoms with E-state index in [0.717, 1.165) is 10.0 Å². The largest absolute Gasteiger partial charge is 0.394 e. The molecule has 1 aromatic rings. The van der Waals surface area contributed by atoms with E-state index in [1.165, 1.54) is 0 Å². The maximum Gasteiger partial charge on any atom is 0.0611 e. The Balaban J connectivity index is 2.69. The number of aliphatic hydroxyl groups is 1. The lowest BCUT2D eigenvalue weighted by atomic mass is 9.95. The number of hydrogen-bond donors (Lipinski definition) is 2. The van der Waals surface area contributed by atoms with E-state index < -0.39 is 5.54 Å². The third kappa shape index (κ3) is 3.46. The van der Waals surface area contributed by atoms with E-state index in [9.17, 15) is 0 Å². The van der Waals surface area contributed by atoms with Gasteiger partial charge in [-0.2, -0.15) is 0 Å². The number of benzene rings is 1. The van der Waals surface area contributed by atoms with Crippen molar-refractivity contribution in [3.8, 4) is 0 Å². The van der Waals surface area contributed by atoms with Crippen LogP contribution in [-0.2, 0) is 6.42 Å². The van der Waals surface area contributed by atoms with Crippen molar-refractivity contribution >= 4 is 15.9 Å². The van der Waals surface area contributed by atoms with E-state index >= 15 is 0 Å². The van der Waals surface area contributed by atoms with Gasteiger partial charge in [-0.1, -0.05) is 28.1 Å². The second-order valence-electron chi connectivity index (χ2n) is 3.62. The van der Waals surface area contributed by atoms with E-state index in [4.69, 9.17) is 10.8 Å². The lowest BCUT2D eigenvalue weighted by Crippen LogP contribution is -2.42. The van der Waals surface area contributed by atoms with Crippen molar-refractivity contribution < 1.29 is 5.11 Å². The van der Waals surface area contributed by atoms with Gasteiger partial charge in [-0.3, -0.25) is 0 Å². The fraction of sp³-hybridized carbons (Fsp3) is 0.400. The van der Waals surface area contributed by atoms with Gasteiger partial charge in [0.05, 0.1) is 6.61 Å². The summed E-state index contributed by atoms with van der Waals surface area (Å²) in [4.78, 5) is 0. The molecular weight excluding hydrogens is 230 g/mol. The normalized spacial score (nSPS) is 15.4. The molecule has 0 saturated heterocycles. The molecule has 3 heteroatoms. The molecule has 0 amide bonds. The van der Waals surface area contributed by atoms with Gasteiger partial charge in [-0.05, 0) is 31.0 Å². The van der Waals surface area contributed by atoms with Crippen LogP contribution in [0.3, 0.4) is 0 Å². The first-order valence-electron chi connectivity index (χ1n) is 4.18. The van der Waals surface area contributed by atoms with Crippen molar-refractivity contribution in [1.82, 2.24) is 0 Å². The van der Waals surface area contributed by atoms with Gasteiger partial charge in [0.2, 0.25) is 0 Å². The molecule has 3 N–H and O–H groups in total. The van der Waals surface area contributed by atoms with Crippen LogP contribution in [0.15, 0.2) is 28.7 Å². The quantitative estimate of drug-likeness (QED) is 0.850. The molecule has 0 aliphatic heterocycles. The summed E-state index contributed by atoms with van der Waals surface area (Å²) in [6, 6.07) is 7.96. The molecule has 0 bridgehead atoms. The summed E-state index contributed by atoms with van der Waals surface area (Å²) in [6.45, 7) is 1.85. The minimum absolute atomic E-state index is 0.00304. The Labute approximate surface area is 86.9 Å². The zero-order chi connectivity index (χ0) is 9.90. The van der Waals surface area contributed by atoms with E-state index in [1.807, 2.05) is 31.2 Å². The van der Waals surface area contributed by atoms with Crippen LogP contribution in [0, 0.1) is 0 Å². The second kappa shape index (κ2) is 4.22. The smallest absolute Gasteiger partial charge is 0.0611 e. The first kappa shape index (κ1) is 10.7. The predicted octanol–water partition coefficient (Wildman–Crippen LogP) is 1.70. The van der Waals surface area contributed by atoms with Gasteiger partial charge in [0.25, 0.3) is 0 Å². The maximum atomic E-state index is 8.98. The SMILES string of the molecule is C[C@@](N)(CO)Cc1ccc(Br)cc1. The van der Waals surface area contributed by atoms with Crippen LogP contribution in [0.4, 0.5) is 0 Å². The highest BCUT2D eigenvalue weighted by Gasteiger charge is 2.17. The van der Waals surface area contributed by atoms with Crippen LogP contribution in [0.5, 0.6) is 0 Å². The molecule has 1 aromatic carbocycles. The summed E-state index contributed by atoms with van der Waals surface area (Å²) in [7, 11) is 0. The van der Waals surface area contributed by atoms with Crippen LogP contribution < -0.4 is 5.73 Å². The zero-order valence-corrected chi connectivity index (χ0v) is 9.21. The molecule has 0 aromatic heterocycles. The van der Waals surface area contributed by atoms with Crippen molar-refractivity contribution in [2.45, 2.75) is 18.9 Å². The molecule has 13 heavy (non-hydrogen) atoms. The molecule has 2 nitrogen and oxygen atoms in total. The van der Waals surface area contributed by atoms with E-state index in [2.05, 4.69) is 15.9 Å². The number of hydrogen-bond acceptors (Lipinski definition) is 2. The highest BCUT2D eigenvalue weighted by molar-refractivity contribution is 9.10. The molecule has 0 saturated carbocycles. The van der Waals surface area contributed by atoms with Gasteiger partial charge in [0, 0.05) is 10.0 Å². The molecule has 0 aliphatic carbocycles. The Hall–Kier alpha value is -0.380. The number of aliphatic hydroxyl groups excluding tert-OH is 1. The molecule has 0 fully saturated rings. The number of nitrogens with two attached hydrogens (primary N) is 1. The molecule has 0 heterocycles. The minimum atomic E-state index is -0.520. The summed E-state index contributed by atoms with van der Waals surface area (Å²) in [5.74, 6) is 0. The summed E-state index contributed by atoms with van der Waals surface area (Å²) in [5, 5.41) is 8.98. The summed E-state index contributed by atoms with van der Waals surface area (Å²) in [5.41, 5.74) is 6.45. The summed E-state index contributed by atoms with van der Waals surface area (Å²) in [6.07, 6.45) is 0.691. The fourth-order valence-corrected chi connectivity index (χ4v) is 1.39. The molecule has 0 radical (unpaired) electrons.